The van der Waals surface area contributed by atoms with Crippen LogP contribution in [-0.4, -0.2) is 13.2 Å². The van der Waals surface area contributed by atoms with E-state index in [0.29, 0.717) is 13.2 Å². The minimum Gasteiger partial charge on any atom is -0.269 e. The molecular formula is C14H18FNO. The van der Waals surface area contributed by atoms with Gasteiger partial charge < -0.3 is 0 Å². The van der Waals surface area contributed by atoms with Crippen LogP contribution in [0.3, 0.4) is 0 Å². The molecule has 0 atom stereocenters. The van der Waals surface area contributed by atoms with Crippen LogP contribution in [0.25, 0.3) is 0 Å². The molecule has 1 aromatic rings. The third-order valence-electron chi connectivity index (χ3n) is 1.99. The first kappa shape index (κ1) is 13.5. The molecule has 1 rings (SSSR count). The Bertz CT molecular complexity index is 397. The van der Waals surface area contributed by atoms with Gasteiger partial charge in [-0.15, -0.1) is 0 Å². The average molecular weight is 235 g/mol. The Morgan fingerprint density at radius 1 is 1.18 bits per heavy atom. The van der Waals surface area contributed by atoms with Crippen LogP contribution in [0.1, 0.15) is 13.8 Å². The molecule has 0 unspecified atom stereocenters. The van der Waals surface area contributed by atoms with Crippen LogP contribution >= 0.6 is 0 Å². The van der Waals surface area contributed by atoms with Crippen LogP contribution in [0, 0.1) is 5.82 Å². The van der Waals surface area contributed by atoms with Gasteiger partial charge in [0.1, 0.15) is 5.82 Å². The van der Waals surface area contributed by atoms with Crippen molar-refractivity contribution < 1.29 is 9.23 Å². The summed E-state index contributed by atoms with van der Waals surface area (Å²) in [6, 6.07) is 6.17. The highest BCUT2D eigenvalue weighted by Crippen LogP contribution is 2.16. The number of nitrogens with zero attached hydrogens (tertiary/aromatic N) is 1. The van der Waals surface area contributed by atoms with E-state index in [-0.39, 0.29) is 5.82 Å². The topological polar surface area (TPSA) is 12.5 Å². The number of hydrogen-bond donors (Lipinski definition) is 0. The molecule has 0 aliphatic heterocycles. The lowest BCUT2D eigenvalue weighted by Gasteiger charge is -2.24. The molecule has 17 heavy (non-hydrogen) atoms. The molecule has 0 aliphatic carbocycles. The fourth-order valence-electron chi connectivity index (χ4n) is 1.25. The van der Waals surface area contributed by atoms with E-state index in [9.17, 15) is 4.39 Å². The van der Waals surface area contributed by atoms with Crippen LogP contribution in [-0.2, 0) is 4.84 Å². The molecule has 0 aliphatic rings. The number of benzene rings is 1. The SMILES string of the molecule is C=C(C)CON(CC(=C)C)c1ccc(F)cc1. The third-order valence-corrected chi connectivity index (χ3v) is 1.99. The van der Waals surface area contributed by atoms with Gasteiger partial charge in [0, 0.05) is 0 Å². The Kier molecular flexibility index (Phi) is 4.91. The van der Waals surface area contributed by atoms with Crippen LogP contribution in [0.15, 0.2) is 48.6 Å². The highest BCUT2D eigenvalue weighted by atomic mass is 19.1. The minimum atomic E-state index is -0.260. The van der Waals surface area contributed by atoms with Gasteiger partial charge >= 0.3 is 0 Å². The van der Waals surface area contributed by atoms with Crippen molar-refractivity contribution >= 4 is 5.69 Å². The summed E-state index contributed by atoms with van der Waals surface area (Å²) >= 11 is 0. The lowest BCUT2D eigenvalue weighted by atomic mass is 10.3. The van der Waals surface area contributed by atoms with Crippen molar-refractivity contribution in [1.82, 2.24) is 0 Å². The fraction of sp³-hybridized carbons (Fsp3) is 0.286. The molecule has 0 aromatic heterocycles. The Morgan fingerprint density at radius 3 is 2.24 bits per heavy atom. The molecule has 0 saturated heterocycles. The molecule has 2 nitrogen and oxygen atoms in total. The third kappa shape index (κ3) is 4.83. The first-order valence-corrected chi connectivity index (χ1v) is 5.44. The summed E-state index contributed by atoms with van der Waals surface area (Å²) in [6.45, 7) is 12.4. The van der Waals surface area contributed by atoms with Gasteiger partial charge in [-0.25, -0.2) is 9.45 Å². The molecule has 0 amide bonds. The molecule has 0 bridgehead atoms. The largest absolute Gasteiger partial charge is 0.269 e. The van der Waals surface area contributed by atoms with Crippen LogP contribution < -0.4 is 5.06 Å². The van der Waals surface area contributed by atoms with Crippen LogP contribution in [0.5, 0.6) is 0 Å². The van der Waals surface area contributed by atoms with E-state index in [1.54, 1.807) is 17.2 Å². The van der Waals surface area contributed by atoms with E-state index in [1.165, 1.54) is 12.1 Å². The summed E-state index contributed by atoms with van der Waals surface area (Å²) < 4.78 is 12.8. The molecule has 92 valence electrons. The molecule has 0 spiro atoms. The monoisotopic (exact) mass is 235 g/mol. The zero-order chi connectivity index (χ0) is 12.8. The quantitative estimate of drug-likeness (QED) is 0.550. The molecule has 3 heteroatoms. The second-order valence-corrected chi connectivity index (χ2v) is 4.20. The Morgan fingerprint density at radius 2 is 1.76 bits per heavy atom. The maximum absolute atomic E-state index is 12.8. The summed E-state index contributed by atoms with van der Waals surface area (Å²) in [5.74, 6) is -0.260. The molecule has 1 aromatic carbocycles. The van der Waals surface area contributed by atoms with Crippen molar-refractivity contribution in [2.24, 2.45) is 0 Å². The average Bonchev–Trinajstić information content (AvgIpc) is 2.25. The van der Waals surface area contributed by atoms with Gasteiger partial charge in [0.2, 0.25) is 0 Å². The Balaban J connectivity index is 2.77. The van der Waals surface area contributed by atoms with E-state index < -0.39 is 0 Å². The zero-order valence-electron chi connectivity index (χ0n) is 10.4. The van der Waals surface area contributed by atoms with Crippen molar-refractivity contribution in [3.8, 4) is 0 Å². The standard InChI is InChI=1S/C14H18FNO/c1-11(2)9-16(17-10-12(3)4)14-7-5-13(15)6-8-14/h5-8H,1,3,9-10H2,2,4H3. The second-order valence-electron chi connectivity index (χ2n) is 4.20. The second kappa shape index (κ2) is 6.21. The van der Waals surface area contributed by atoms with E-state index in [0.717, 1.165) is 16.8 Å². The van der Waals surface area contributed by atoms with Gasteiger partial charge in [-0.05, 0) is 38.1 Å². The molecular weight excluding hydrogens is 217 g/mol. The van der Waals surface area contributed by atoms with E-state index in [1.807, 2.05) is 13.8 Å². The smallest absolute Gasteiger partial charge is 0.123 e. The summed E-state index contributed by atoms with van der Waals surface area (Å²) in [5, 5.41) is 1.69. The molecule has 0 heterocycles. The van der Waals surface area contributed by atoms with Crippen molar-refractivity contribution in [2.75, 3.05) is 18.2 Å². The Hall–Kier alpha value is -1.61. The van der Waals surface area contributed by atoms with Gasteiger partial charge in [-0.2, -0.15) is 0 Å². The van der Waals surface area contributed by atoms with E-state index in [2.05, 4.69) is 13.2 Å². The number of anilines is 1. The maximum Gasteiger partial charge on any atom is 0.123 e. The predicted octanol–water partition coefficient (Wildman–Crippen LogP) is 3.72. The molecule has 0 radical (unpaired) electrons. The summed E-state index contributed by atoms with van der Waals surface area (Å²) in [6.07, 6.45) is 0. The van der Waals surface area contributed by atoms with Gasteiger partial charge in [0.05, 0.1) is 18.8 Å². The molecule has 0 saturated carbocycles. The predicted molar refractivity (Wildman–Crippen MR) is 69.3 cm³/mol. The Labute approximate surface area is 102 Å². The number of hydrogen-bond acceptors (Lipinski definition) is 2. The first-order valence-electron chi connectivity index (χ1n) is 5.44. The van der Waals surface area contributed by atoms with Crippen molar-refractivity contribution in [1.29, 1.82) is 0 Å². The summed E-state index contributed by atoms with van der Waals surface area (Å²) in [7, 11) is 0. The normalized spacial score (nSPS) is 10.1. The van der Waals surface area contributed by atoms with Crippen molar-refractivity contribution in [3.63, 3.8) is 0 Å². The van der Waals surface area contributed by atoms with Gasteiger partial charge in [0.15, 0.2) is 0 Å². The number of halogens is 1. The number of rotatable bonds is 6. The first-order chi connectivity index (χ1) is 7.99. The molecule has 0 N–H and O–H groups in total. The summed E-state index contributed by atoms with van der Waals surface area (Å²) in [4.78, 5) is 5.59. The maximum atomic E-state index is 12.8. The van der Waals surface area contributed by atoms with Crippen molar-refractivity contribution in [2.45, 2.75) is 13.8 Å². The minimum absolute atomic E-state index is 0.260. The van der Waals surface area contributed by atoms with Gasteiger partial charge in [-0.1, -0.05) is 24.3 Å². The summed E-state index contributed by atoms with van der Waals surface area (Å²) in [5.41, 5.74) is 2.70. The number of hydroxylamine groups is 1. The zero-order valence-corrected chi connectivity index (χ0v) is 10.4. The lowest BCUT2D eigenvalue weighted by molar-refractivity contribution is 0.133. The van der Waals surface area contributed by atoms with Gasteiger partial charge in [0.25, 0.3) is 0 Å². The highest BCUT2D eigenvalue weighted by Gasteiger charge is 2.07. The molecule has 0 fully saturated rings. The lowest BCUT2D eigenvalue weighted by Crippen LogP contribution is -2.26. The van der Waals surface area contributed by atoms with Crippen LogP contribution in [0.4, 0.5) is 10.1 Å². The van der Waals surface area contributed by atoms with Crippen molar-refractivity contribution in [3.05, 3.63) is 54.4 Å². The van der Waals surface area contributed by atoms with Crippen LogP contribution in [0.2, 0.25) is 0 Å². The fourth-order valence-corrected chi connectivity index (χ4v) is 1.25. The van der Waals surface area contributed by atoms with E-state index >= 15 is 0 Å². The highest BCUT2D eigenvalue weighted by molar-refractivity contribution is 5.44. The van der Waals surface area contributed by atoms with E-state index in [4.69, 9.17) is 4.84 Å². The van der Waals surface area contributed by atoms with Gasteiger partial charge in [-0.3, -0.25) is 4.84 Å².